The van der Waals surface area contributed by atoms with Crippen LogP contribution in [0.1, 0.15) is 44.2 Å². The Balaban J connectivity index is 2.03. The number of likely N-dealkylation sites (tertiary alicyclic amines) is 1. The highest BCUT2D eigenvalue weighted by atomic mass is 79.9. The van der Waals surface area contributed by atoms with Crippen LogP contribution in [0.2, 0.25) is 0 Å². The predicted octanol–water partition coefficient (Wildman–Crippen LogP) is 4.48. The molecule has 1 aliphatic rings. The molecule has 0 aliphatic carbocycles. The largest absolute Gasteiger partial charge is 0.444 e. The number of carbonyl (C=O) groups is 1. The van der Waals surface area contributed by atoms with E-state index in [4.69, 9.17) is 4.74 Å². The lowest BCUT2D eigenvalue weighted by Gasteiger charge is -2.24. The molecule has 0 spiro atoms. The Morgan fingerprint density at radius 3 is 2.65 bits per heavy atom. The van der Waals surface area contributed by atoms with Crippen LogP contribution in [0.5, 0.6) is 0 Å². The van der Waals surface area contributed by atoms with Gasteiger partial charge in [0, 0.05) is 23.5 Å². The van der Waals surface area contributed by atoms with Gasteiger partial charge in [0.1, 0.15) is 5.60 Å². The van der Waals surface area contributed by atoms with Crippen LogP contribution < -0.4 is 0 Å². The second-order valence-electron chi connectivity index (χ2n) is 6.47. The van der Waals surface area contributed by atoms with Gasteiger partial charge in [-0.2, -0.15) is 0 Å². The molecule has 1 heterocycles. The normalized spacial score (nSPS) is 19.2. The molecule has 1 atom stereocenters. The number of benzene rings is 1. The quantitative estimate of drug-likeness (QED) is 0.754. The van der Waals surface area contributed by atoms with Crippen molar-refractivity contribution in [1.29, 1.82) is 0 Å². The van der Waals surface area contributed by atoms with E-state index in [0.717, 1.165) is 24.0 Å². The first kappa shape index (κ1) is 15.4. The van der Waals surface area contributed by atoms with Gasteiger partial charge in [-0.1, -0.05) is 22.0 Å². The maximum atomic E-state index is 12.1. The van der Waals surface area contributed by atoms with E-state index in [1.54, 1.807) is 0 Å². The average molecular weight is 340 g/mol. The number of hydrogen-bond donors (Lipinski definition) is 0. The topological polar surface area (TPSA) is 29.5 Å². The first-order chi connectivity index (χ1) is 9.24. The van der Waals surface area contributed by atoms with Crippen LogP contribution in [0.3, 0.4) is 0 Å². The minimum atomic E-state index is -0.429. The molecule has 0 N–H and O–H groups in total. The summed E-state index contributed by atoms with van der Waals surface area (Å²) < 4.78 is 6.53. The fourth-order valence-corrected chi connectivity index (χ4v) is 3.15. The lowest BCUT2D eigenvalue weighted by atomic mass is 9.97. The molecule has 0 aromatic heterocycles. The molecule has 1 aromatic carbocycles. The smallest absolute Gasteiger partial charge is 0.410 e. The molecule has 3 nitrogen and oxygen atoms in total. The van der Waals surface area contributed by atoms with Crippen molar-refractivity contribution in [3.05, 3.63) is 33.8 Å². The molecule has 1 saturated heterocycles. The predicted molar refractivity (Wildman–Crippen MR) is 84.0 cm³/mol. The van der Waals surface area contributed by atoms with E-state index in [1.807, 2.05) is 25.7 Å². The van der Waals surface area contributed by atoms with Crippen molar-refractivity contribution >= 4 is 22.0 Å². The third kappa shape index (κ3) is 3.98. The maximum absolute atomic E-state index is 12.1. The van der Waals surface area contributed by atoms with Gasteiger partial charge < -0.3 is 9.64 Å². The highest BCUT2D eigenvalue weighted by Crippen LogP contribution is 2.30. The number of carbonyl (C=O) groups excluding carboxylic acids is 1. The van der Waals surface area contributed by atoms with Crippen LogP contribution in [-0.2, 0) is 4.74 Å². The number of halogens is 1. The molecule has 4 heteroatoms. The third-order valence-corrected chi connectivity index (χ3v) is 3.83. The van der Waals surface area contributed by atoms with E-state index in [1.165, 1.54) is 11.1 Å². The zero-order chi connectivity index (χ0) is 14.9. The van der Waals surface area contributed by atoms with Crippen LogP contribution in [0.4, 0.5) is 4.79 Å². The van der Waals surface area contributed by atoms with Crippen LogP contribution in [0.25, 0.3) is 0 Å². The van der Waals surface area contributed by atoms with Gasteiger partial charge in [-0.05, 0) is 57.4 Å². The molecule has 1 amide bonds. The summed E-state index contributed by atoms with van der Waals surface area (Å²) >= 11 is 3.54. The van der Waals surface area contributed by atoms with E-state index < -0.39 is 5.60 Å². The summed E-state index contributed by atoms with van der Waals surface area (Å²) in [6.07, 6.45) is 0.793. The number of rotatable bonds is 1. The molecule has 1 aliphatic heterocycles. The molecule has 110 valence electrons. The SMILES string of the molecule is Cc1cc(Br)cc(C2CCN(C(=O)OC(C)(C)C)C2)c1. The maximum Gasteiger partial charge on any atom is 0.410 e. The van der Waals surface area contributed by atoms with Crippen LogP contribution in [0.15, 0.2) is 22.7 Å². The highest BCUT2D eigenvalue weighted by Gasteiger charge is 2.30. The molecule has 1 unspecified atom stereocenters. The van der Waals surface area contributed by atoms with Crippen LogP contribution in [-0.4, -0.2) is 29.7 Å². The van der Waals surface area contributed by atoms with E-state index >= 15 is 0 Å². The Kier molecular flexibility index (Phi) is 4.43. The van der Waals surface area contributed by atoms with Crippen LogP contribution >= 0.6 is 15.9 Å². The number of hydrogen-bond acceptors (Lipinski definition) is 2. The van der Waals surface area contributed by atoms with Crippen molar-refractivity contribution in [3.63, 3.8) is 0 Å². The summed E-state index contributed by atoms with van der Waals surface area (Å²) in [6, 6.07) is 6.45. The summed E-state index contributed by atoms with van der Waals surface area (Å²) in [6.45, 7) is 9.30. The monoisotopic (exact) mass is 339 g/mol. The van der Waals surface area contributed by atoms with Crippen molar-refractivity contribution in [2.45, 2.75) is 45.6 Å². The van der Waals surface area contributed by atoms with Crippen molar-refractivity contribution in [1.82, 2.24) is 4.90 Å². The Morgan fingerprint density at radius 2 is 2.05 bits per heavy atom. The standard InChI is InChI=1S/C16H22BrNO2/c1-11-7-13(9-14(17)8-11)12-5-6-18(10-12)15(19)20-16(2,3)4/h7-9,12H,5-6,10H2,1-4H3. The Hall–Kier alpha value is -1.03. The van der Waals surface area contributed by atoms with Gasteiger partial charge in [-0.3, -0.25) is 0 Å². The van der Waals surface area contributed by atoms with Crippen molar-refractivity contribution in [2.24, 2.45) is 0 Å². The fraction of sp³-hybridized carbons (Fsp3) is 0.562. The first-order valence-electron chi connectivity index (χ1n) is 6.99. The minimum Gasteiger partial charge on any atom is -0.444 e. The Bertz CT molecular complexity index is 487. The zero-order valence-corrected chi connectivity index (χ0v) is 14.2. The highest BCUT2D eigenvalue weighted by molar-refractivity contribution is 9.10. The number of ether oxygens (including phenoxy) is 1. The van der Waals surface area contributed by atoms with Crippen LogP contribution in [0, 0.1) is 6.92 Å². The second-order valence-corrected chi connectivity index (χ2v) is 7.39. The van der Waals surface area contributed by atoms with Gasteiger partial charge in [-0.15, -0.1) is 0 Å². The zero-order valence-electron chi connectivity index (χ0n) is 12.6. The van der Waals surface area contributed by atoms with Gasteiger partial charge >= 0.3 is 6.09 Å². The van der Waals surface area contributed by atoms with E-state index in [2.05, 4.69) is 41.1 Å². The lowest BCUT2D eigenvalue weighted by molar-refractivity contribution is 0.0292. The van der Waals surface area contributed by atoms with Crippen molar-refractivity contribution in [3.8, 4) is 0 Å². The molecular formula is C16H22BrNO2. The molecule has 1 fully saturated rings. The van der Waals surface area contributed by atoms with Gasteiger partial charge in [0.25, 0.3) is 0 Å². The fourth-order valence-electron chi connectivity index (χ4n) is 2.52. The lowest BCUT2D eigenvalue weighted by Crippen LogP contribution is -2.35. The summed E-state index contributed by atoms with van der Waals surface area (Å²) in [5, 5.41) is 0. The third-order valence-electron chi connectivity index (χ3n) is 3.38. The van der Waals surface area contributed by atoms with Gasteiger partial charge in [0.2, 0.25) is 0 Å². The number of amides is 1. The molecule has 0 bridgehead atoms. The molecule has 0 saturated carbocycles. The van der Waals surface area contributed by atoms with Gasteiger partial charge in [-0.25, -0.2) is 4.79 Å². The molecule has 1 aromatic rings. The molecule has 0 radical (unpaired) electrons. The second kappa shape index (κ2) is 5.76. The van der Waals surface area contributed by atoms with E-state index in [-0.39, 0.29) is 6.09 Å². The minimum absolute atomic E-state index is 0.202. The van der Waals surface area contributed by atoms with Gasteiger partial charge in [0.15, 0.2) is 0 Å². The molecule has 20 heavy (non-hydrogen) atoms. The van der Waals surface area contributed by atoms with Crippen molar-refractivity contribution in [2.75, 3.05) is 13.1 Å². The Morgan fingerprint density at radius 1 is 1.35 bits per heavy atom. The first-order valence-corrected chi connectivity index (χ1v) is 7.79. The average Bonchev–Trinajstić information content (AvgIpc) is 2.74. The van der Waals surface area contributed by atoms with Gasteiger partial charge in [0.05, 0.1) is 0 Å². The summed E-state index contributed by atoms with van der Waals surface area (Å²) in [5.74, 6) is 0.402. The summed E-state index contributed by atoms with van der Waals surface area (Å²) in [4.78, 5) is 13.9. The molecular weight excluding hydrogens is 318 g/mol. The van der Waals surface area contributed by atoms with E-state index in [0.29, 0.717) is 5.92 Å². The molecule has 2 rings (SSSR count). The summed E-state index contributed by atoms with van der Waals surface area (Å²) in [5.41, 5.74) is 2.11. The number of aryl methyl sites for hydroxylation is 1. The number of nitrogens with zero attached hydrogens (tertiary/aromatic N) is 1. The van der Waals surface area contributed by atoms with Crippen molar-refractivity contribution < 1.29 is 9.53 Å². The Labute approximate surface area is 129 Å². The van der Waals surface area contributed by atoms with E-state index in [9.17, 15) is 4.79 Å². The summed E-state index contributed by atoms with van der Waals surface area (Å²) in [7, 11) is 0.